The van der Waals surface area contributed by atoms with Crippen molar-refractivity contribution in [2.45, 2.75) is 31.8 Å². The van der Waals surface area contributed by atoms with Crippen molar-refractivity contribution in [1.82, 2.24) is 4.57 Å². The van der Waals surface area contributed by atoms with Gasteiger partial charge in [0.25, 0.3) is 0 Å². The van der Waals surface area contributed by atoms with Crippen molar-refractivity contribution in [2.24, 2.45) is 4.99 Å². The minimum atomic E-state index is -4.27. The van der Waals surface area contributed by atoms with Crippen LogP contribution in [0.2, 0.25) is 0 Å². The standard InChI is InChI=1S/C15H16F4N2S2/c1-8-5-11(16)12(6-13(8)22-7-15(17,18)19)21-9(2)10(3)23-14(21)20-4/h5-6H,7H2,1-4H3/b20-14-. The van der Waals surface area contributed by atoms with Crippen LogP contribution >= 0.6 is 23.1 Å². The van der Waals surface area contributed by atoms with Gasteiger partial charge in [0.05, 0.1) is 11.4 Å². The average Bonchev–Trinajstić information content (AvgIpc) is 2.73. The Bertz CT molecular complexity index is 788. The Morgan fingerprint density at radius 2 is 1.87 bits per heavy atom. The highest BCUT2D eigenvalue weighted by atomic mass is 32.2. The van der Waals surface area contributed by atoms with E-state index in [-0.39, 0.29) is 5.69 Å². The Hall–Kier alpha value is -1.28. The van der Waals surface area contributed by atoms with Gasteiger partial charge in [-0.3, -0.25) is 9.56 Å². The van der Waals surface area contributed by atoms with Crippen LogP contribution in [-0.4, -0.2) is 23.5 Å². The summed E-state index contributed by atoms with van der Waals surface area (Å²) in [6.07, 6.45) is -4.27. The van der Waals surface area contributed by atoms with E-state index in [9.17, 15) is 17.6 Å². The van der Waals surface area contributed by atoms with E-state index in [4.69, 9.17) is 0 Å². The van der Waals surface area contributed by atoms with Crippen molar-refractivity contribution >= 4 is 23.1 Å². The molecule has 2 aromatic rings. The molecule has 8 heteroatoms. The van der Waals surface area contributed by atoms with Gasteiger partial charge in [0.1, 0.15) is 5.82 Å². The molecule has 0 radical (unpaired) electrons. The molecular weight excluding hydrogens is 348 g/mol. The molecule has 23 heavy (non-hydrogen) atoms. The lowest BCUT2D eigenvalue weighted by molar-refractivity contribution is -0.105. The van der Waals surface area contributed by atoms with Crippen LogP contribution in [0.25, 0.3) is 5.69 Å². The van der Waals surface area contributed by atoms with Gasteiger partial charge in [-0.2, -0.15) is 13.2 Å². The fraction of sp³-hybridized carbons (Fsp3) is 0.400. The maximum atomic E-state index is 14.4. The SMILES string of the molecule is C/N=c1\sc(C)c(C)n1-c1cc(SCC(F)(F)F)c(C)cc1F. The number of nitrogens with zero attached hydrogens (tertiary/aromatic N) is 2. The summed E-state index contributed by atoms with van der Waals surface area (Å²) < 4.78 is 53.4. The van der Waals surface area contributed by atoms with Gasteiger partial charge >= 0.3 is 6.18 Å². The molecule has 0 aliphatic carbocycles. The van der Waals surface area contributed by atoms with E-state index in [1.807, 2.05) is 13.8 Å². The van der Waals surface area contributed by atoms with E-state index in [0.717, 1.165) is 10.6 Å². The van der Waals surface area contributed by atoms with Gasteiger partial charge in [0.15, 0.2) is 4.80 Å². The number of aromatic nitrogens is 1. The highest BCUT2D eigenvalue weighted by Gasteiger charge is 2.28. The van der Waals surface area contributed by atoms with Crippen molar-refractivity contribution < 1.29 is 17.6 Å². The smallest absolute Gasteiger partial charge is 0.287 e. The highest BCUT2D eigenvalue weighted by Crippen LogP contribution is 2.32. The van der Waals surface area contributed by atoms with E-state index in [2.05, 4.69) is 4.99 Å². The van der Waals surface area contributed by atoms with Crippen molar-refractivity contribution in [2.75, 3.05) is 12.8 Å². The summed E-state index contributed by atoms with van der Waals surface area (Å²) in [7, 11) is 1.60. The molecule has 0 saturated heterocycles. The summed E-state index contributed by atoms with van der Waals surface area (Å²) in [6.45, 7) is 5.34. The number of aryl methyl sites for hydroxylation is 2. The molecule has 0 fully saturated rings. The highest BCUT2D eigenvalue weighted by molar-refractivity contribution is 7.99. The molecule has 0 saturated carbocycles. The van der Waals surface area contributed by atoms with Gasteiger partial charge in [-0.05, 0) is 38.5 Å². The third-order valence-electron chi connectivity index (χ3n) is 3.35. The molecule has 0 atom stereocenters. The fourth-order valence-electron chi connectivity index (χ4n) is 2.12. The summed E-state index contributed by atoms with van der Waals surface area (Å²) in [5.74, 6) is -1.48. The second kappa shape index (κ2) is 6.68. The number of thiazole rings is 1. The molecule has 0 aliphatic heterocycles. The van der Waals surface area contributed by atoms with Crippen LogP contribution in [0.5, 0.6) is 0 Å². The van der Waals surface area contributed by atoms with Crippen LogP contribution in [0.1, 0.15) is 16.1 Å². The Kier molecular flexibility index (Phi) is 5.25. The van der Waals surface area contributed by atoms with Crippen LogP contribution in [0.4, 0.5) is 17.6 Å². The van der Waals surface area contributed by atoms with E-state index in [0.29, 0.717) is 27.0 Å². The van der Waals surface area contributed by atoms with Gasteiger partial charge in [0.2, 0.25) is 0 Å². The number of rotatable bonds is 3. The van der Waals surface area contributed by atoms with Crippen molar-refractivity contribution in [3.8, 4) is 5.69 Å². The van der Waals surface area contributed by atoms with E-state index < -0.39 is 17.7 Å². The summed E-state index contributed by atoms with van der Waals surface area (Å²) in [4.78, 5) is 6.14. The number of alkyl halides is 3. The van der Waals surface area contributed by atoms with Gasteiger partial charge in [-0.1, -0.05) is 0 Å². The van der Waals surface area contributed by atoms with Crippen LogP contribution in [0.15, 0.2) is 22.0 Å². The zero-order valence-electron chi connectivity index (χ0n) is 13.1. The minimum Gasteiger partial charge on any atom is -0.287 e. The summed E-state index contributed by atoms with van der Waals surface area (Å²) >= 11 is 2.08. The monoisotopic (exact) mass is 364 g/mol. The molecule has 1 aromatic carbocycles. The van der Waals surface area contributed by atoms with Gasteiger partial charge < -0.3 is 0 Å². The Labute approximate surface area is 139 Å². The third-order valence-corrected chi connectivity index (χ3v) is 5.72. The first kappa shape index (κ1) is 18.1. The van der Waals surface area contributed by atoms with Crippen LogP contribution < -0.4 is 4.80 Å². The first-order chi connectivity index (χ1) is 10.6. The maximum Gasteiger partial charge on any atom is 0.398 e. The molecule has 2 nitrogen and oxygen atoms in total. The molecule has 1 heterocycles. The second-order valence-electron chi connectivity index (χ2n) is 5.06. The second-order valence-corrected chi connectivity index (χ2v) is 7.26. The lowest BCUT2D eigenvalue weighted by Gasteiger charge is -2.13. The topological polar surface area (TPSA) is 17.3 Å². The fourth-order valence-corrected chi connectivity index (χ4v) is 3.85. The zero-order chi connectivity index (χ0) is 17.4. The Morgan fingerprint density at radius 3 is 2.43 bits per heavy atom. The number of benzene rings is 1. The Morgan fingerprint density at radius 1 is 1.22 bits per heavy atom. The predicted octanol–water partition coefficient (Wildman–Crippen LogP) is 4.79. The lowest BCUT2D eigenvalue weighted by Crippen LogP contribution is -2.16. The summed E-state index contributed by atoms with van der Waals surface area (Å²) in [6, 6.07) is 2.74. The molecule has 2 rings (SSSR count). The van der Waals surface area contributed by atoms with Gasteiger partial charge in [-0.15, -0.1) is 23.1 Å². The number of hydrogen-bond acceptors (Lipinski definition) is 3. The molecule has 1 aromatic heterocycles. The van der Waals surface area contributed by atoms with Gasteiger partial charge in [-0.25, -0.2) is 4.39 Å². The number of hydrogen-bond donors (Lipinski definition) is 0. The summed E-state index contributed by atoms with van der Waals surface area (Å²) in [5.41, 5.74) is 1.54. The normalized spacial score (nSPS) is 13.0. The first-order valence-electron chi connectivity index (χ1n) is 6.76. The molecule has 0 spiro atoms. The summed E-state index contributed by atoms with van der Waals surface area (Å²) in [5, 5.41) is 0. The zero-order valence-corrected chi connectivity index (χ0v) is 14.7. The predicted molar refractivity (Wildman–Crippen MR) is 86.1 cm³/mol. The van der Waals surface area contributed by atoms with E-state index in [1.54, 1.807) is 18.5 Å². The third kappa shape index (κ3) is 3.98. The van der Waals surface area contributed by atoms with Crippen molar-refractivity contribution in [3.63, 3.8) is 0 Å². The molecule has 0 bridgehead atoms. The maximum absolute atomic E-state index is 14.4. The largest absolute Gasteiger partial charge is 0.398 e. The van der Waals surface area contributed by atoms with Crippen molar-refractivity contribution in [1.29, 1.82) is 0 Å². The Balaban J connectivity index is 2.56. The number of halogens is 4. The van der Waals surface area contributed by atoms with Crippen LogP contribution in [-0.2, 0) is 0 Å². The van der Waals surface area contributed by atoms with Crippen LogP contribution in [0.3, 0.4) is 0 Å². The molecular formula is C15H16F4N2S2. The van der Waals surface area contributed by atoms with E-state index >= 15 is 0 Å². The minimum absolute atomic E-state index is 0.225. The molecule has 0 unspecified atom stereocenters. The molecule has 126 valence electrons. The van der Waals surface area contributed by atoms with E-state index in [1.165, 1.54) is 23.5 Å². The molecule has 0 N–H and O–H groups in total. The quantitative estimate of drug-likeness (QED) is 0.565. The average molecular weight is 364 g/mol. The van der Waals surface area contributed by atoms with Crippen molar-refractivity contribution in [3.05, 3.63) is 38.9 Å². The van der Waals surface area contributed by atoms with Crippen LogP contribution in [0, 0.1) is 26.6 Å². The molecule has 0 amide bonds. The lowest BCUT2D eigenvalue weighted by atomic mass is 10.2. The molecule has 0 aliphatic rings. The number of thioether (sulfide) groups is 1. The first-order valence-corrected chi connectivity index (χ1v) is 8.56. The van der Waals surface area contributed by atoms with Gasteiger partial charge in [0, 0.05) is 22.5 Å².